The maximum Gasteiger partial charge on any atom is -0.0414 e. The lowest BCUT2D eigenvalue weighted by Crippen LogP contribution is -2.01. The van der Waals surface area contributed by atoms with Crippen molar-refractivity contribution in [1.29, 1.82) is 0 Å². The van der Waals surface area contributed by atoms with Gasteiger partial charge in [-0.2, -0.15) is 0 Å². The van der Waals surface area contributed by atoms with E-state index in [1.165, 1.54) is 96.3 Å². The van der Waals surface area contributed by atoms with Gasteiger partial charge in [0.05, 0.1) is 0 Å². The molecule has 0 aliphatic heterocycles. The van der Waals surface area contributed by atoms with Crippen molar-refractivity contribution in [2.24, 2.45) is 5.92 Å². The molecule has 0 nitrogen and oxygen atoms in total. The Kier molecular flexibility index (Phi) is 17.1. The minimum Gasteiger partial charge on any atom is -0.0654 e. The fourth-order valence-electron chi connectivity index (χ4n) is 3.12. The highest BCUT2D eigenvalue weighted by atomic mass is 14.1. The van der Waals surface area contributed by atoms with Gasteiger partial charge < -0.3 is 0 Å². The summed E-state index contributed by atoms with van der Waals surface area (Å²) in [6, 6.07) is 0. The molecule has 0 N–H and O–H groups in total. The molecule has 0 amide bonds. The van der Waals surface area contributed by atoms with Crippen LogP contribution >= 0.6 is 0 Å². The van der Waals surface area contributed by atoms with E-state index >= 15 is 0 Å². The van der Waals surface area contributed by atoms with E-state index in [-0.39, 0.29) is 0 Å². The molecule has 0 aromatic carbocycles. The van der Waals surface area contributed by atoms with Crippen LogP contribution in [0.25, 0.3) is 0 Å². The van der Waals surface area contributed by atoms with Crippen LogP contribution in [0, 0.1) is 12.8 Å². The topological polar surface area (TPSA) is 0 Å². The fourth-order valence-corrected chi connectivity index (χ4v) is 3.12. The molecule has 1 radical (unpaired) electrons. The first-order chi connectivity index (χ1) is 9.85. The molecule has 0 bridgehead atoms. The van der Waals surface area contributed by atoms with E-state index < -0.39 is 0 Å². The van der Waals surface area contributed by atoms with Crippen molar-refractivity contribution in [3.8, 4) is 0 Å². The average Bonchev–Trinajstić information content (AvgIpc) is 2.47. The van der Waals surface area contributed by atoms with Crippen LogP contribution in [0.15, 0.2) is 0 Å². The molecule has 0 aromatic heterocycles. The number of rotatable bonds is 16. The average molecular weight is 282 g/mol. The molecule has 0 heteroatoms. The molecular formula is C20H41. The van der Waals surface area contributed by atoms with Crippen LogP contribution in [0.1, 0.15) is 117 Å². The summed E-state index contributed by atoms with van der Waals surface area (Å²) in [5.41, 5.74) is 0. The Morgan fingerprint density at radius 1 is 0.550 bits per heavy atom. The predicted molar refractivity (Wildman–Crippen MR) is 94.1 cm³/mol. The molecule has 0 aliphatic rings. The number of hydrogen-bond donors (Lipinski definition) is 0. The first kappa shape index (κ1) is 20.0. The van der Waals surface area contributed by atoms with Gasteiger partial charge >= 0.3 is 0 Å². The van der Waals surface area contributed by atoms with Crippen LogP contribution in [0.2, 0.25) is 0 Å². The van der Waals surface area contributed by atoms with E-state index in [2.05, 4.69) is 20.8 Å². The molecule has 1 atom stereocenters. The fraction of sp³-hybridized carbons (Fsp3) is 0.950. The van der Waals surface area contributed by atoms with Crippen LogP contribution < -0.4 is 0 Å². The summed E-state index contributed by atoms with van der Waals surface area (Å²) in [4.78, 5) is 0. The summed E-state index contributed by atoms with van der Waals surface area (Å²) in [6.45, 7) is 8.56. The maximum atomic E-state index is 3.95. The Morgan fingerprint density at radius 2 is 0.950 bits per heavy atom. The first-order valence-electron chi connectivity index (χ1n) is 9.64. The molecule has 0 spiro atoms. The lowest BCUT2D eigenvalue weighted by atomic mass is 9.89. The number of hydrogen-bond acceptors (Lipinski definition) is 0. The number of unbranched alkanes of at least 4 members (excludes halogenated alkanes) is 10. The zero-order valence-corrected chi connectivity index (χ0v) is 14.6. The quantitative estimate of drug-likeness (QED) is 0.254. The molecule has 0 saturated carbocycles. The lowest BCUT2D eigenvalue weighted by Gasteiger charge is -2.17. The Hall–Kier alpha value is 0. The molecule has 0 saturated heterocycles. The Morgan fingerprint density at radius 3 is 1.40 bits per heavy atom. The van der Waals surface area contributed by atoms with Crippen molar-refractivity contribution >= 4 is 0 Å². The third-order valence-electron chi connectivity index (χ3n) is 4.54. The summed E-state index contributed by atoms with van der Waals surface area (Å²) in [5.74, 6) is 1.03. The van der Waals surface area contributed by atoms with E-state index in [4.69, 9.17) is 0 Å². The van der Waals surface area contributed by atoms with Crippen LogP contribution in [0.5, 0.6) is 0 Å². The van der Waals surface area contributed by atoms with Gasteiger partial charge in [-0.15, -0.1) is 0 Å². The largest absolute Gasteiger partial charge is 0.0654 e. The van der Waals surface area contributed by atoms with Crippen LogP contribution in [0.4, 0.5) is 0 Å². The van der Waals surface area contributed by atoms with E-state index in [0.717, 1.165) is 12.3 Å². The second-order valence-electron chi connectivity index (χ2n) is 6.62. The molecule has 1 unspecified atom stereocenters. The predicted octanol–water partition coefficient (Wildman–Crippen LogP) is 7.72. The van der Waals surface area contributed by atoms with E-state index in [1.807, 2.05) is 0 Å². The first-order valence-corrected chi connectivity index (χ1v) is 9.64. The van der Waals surface area contributed by atoms with E-state index in [9.17, 15) is 0 Å². The van der Waals surface area contributed by atoms with Gasteiger partial charge in [0, 0.05) is 0 Å². The van der Waals surface area contributed by atoms with Gasteiger partial charge in [0.15, 0.2) is 0 Å². The normalized spacial score (nSPS) is 11.4. The summed E-state index contributed by atoms with van der Waals surface area (Å²) in [6.07, 6.45) is 22.7. The highest BCUT2D eigenvalue weighted by molar-refractivity contribution is 4.62. The lowest BCUT2D eigenvalue weighted by molar-refractivity contribution is 0.368. The molecule has 121 valence electrons. The zero-order valence-electron chi connectivity index (χ0n) is 14.6. The molecule has 0 fully saturated rings. The van der Waals surface area contributed by atoms with Crippen molar-refractivity contribution in [2.45, 2.75) is 117 Å². The van der Waals surface area contributed by atoms with Gasteiger partial charge in [0.1, 0.15) is 0 Å². The molecule has 0 aromatic rings. The van der Waals surface area contributed by atoms with Gasteiger partial charge in [-0.3, -0.25) is 0 Å². The van der Waals surface area contributed by atoms with E-state index in [1.54, 1.807) is 0 Å². The summed E-state index contributed by atoms with van der Waals surface area (Å²) in [7, 11) is 0. The smallest absolute Gasteiger partial charge is 0.0414 e. The summed E-state index contributed by atoms with van der Waals surface area (Å²) < 4.78 is 0. The van der Waals surface area contributed by atoms with Gasteiger partial charge in [-0.1, -0.05) is 124 Å². The molecule has 0 heterocycles. The monoisotopic (exact) mass is 281 g/mol. The second kappa shape index (κ2) is 17.1. The van der Waals surface area contributed by atoms with Crippen molar-refractivity contribution in [1.82, 2.24) is 0 Å². The minimum atomic E-state index is 1.03. The second-order valence-corrected chi connectivity index (χ2v) is 6.62. The van der Waals surface area contributed by atoms with Crippen molar-refractivity contribution in [2.75, 3.05) is 0 Å². The maximum absolute atomic E-state index is 3.95. The Balaban J connectivity index is 3.67. The van der Waals surface area contributed by atoms with Crippen LogP contribution in [-0.4, -0.2) is 0 Å². The van der Waals surface area contributed by atoms with Gasteiger partial charge in [0.25, 0.3) is 0 Å². The molecule has 0 aliphatic carbocycles. The van der Waals surface area contributed by atoms with Crippen LogP contribution in [0.3, 0.4) is 0 Å². The third kappa shape index (κ3) is 14.4. The highest BCUT2D eigenvalue weighted by Gasteiger charge is 2.08. The molecule has 0 rings (SSSR count). The SMILES string of the molecule is [CH2]CCCCCC(CCCCCC)CCCCCCC. The summed E-state index contributed by atoms with van der Waals surface area (Å²) in [5, 5.41) is 0. The van der Waals surface area contributed by atoms with Crippen molar-refractivity contribution < 1.29 is 0 Å². The van der Waals surface area contributed by atoms with Gasteiger partial charge in [-0.05, 0) is 5.92 Å². The van der Waals surface area contributed by atoms with E-state index in [0.29, 0.717) is 0 Å². The zero-order chi connectivity index (χ0) is 14.9. The molecule has 20 heavy (non-hydrogen) atoms. The Labute approximate surface area is 130 Å². The third-order valence-corrected chi connectivity index (χ3v) is 4.54. The van der Waals surface area contributed by atoms with Crippen LogP contribution in [-0.2, 0) is 0 Å². The standard InChI is InChI=1S/C20H41/c1-4-7-10-13-16-19-20(17-14-11-8-5-2)18-15-12-9-6-3/h20H,2,4-19H2,1,3H3. The van der Waals surface area contributed by atoms with Crippen molar-refractivity contribution in [3.63, 3.8) is 0 Å². The highest BCUT2D eigenvalue weighted by Crippen LogP contribution is 2.24. The minimum absolute atomic E-state index is 1.03. The Bertz CT molecular complexity index is 149. The molecular weight excluding hydrogens is 240 g/mol. The van der Waals surface area contributed by atoms with Crippen molar-refractivity contribution in [3.05, 3.63) is 6.92 Å². The van der Waals surface area contributed by atoms with Gasteiger partial charge in [-0.25, -0.2) is 0 Å². The summed E-state index contributed by atoms with van der Waals surface area (Å²) >= 11 is 0. The van der Waals surface area contributed by atoms with Gasteiger partial charge in [0.2, 0.25) is 0 Å².